The molecule has 0 nitrogen and oxygen atoms in total. The third-order valence-corrected chi connectivity index (χ3v) is 3.21. The molecule has 0 unspecified atom stereocenters. The summed E-state index contributed by atoms with van der Waals surface area (Å²) in [6, 6.07) is 0. The monoisotopic (exact) mass is 238 g/mol. The van der Waals surface area contributed by atoms with E-state index in [0.29, 0.717) is 0 Å². The summed E-state index contributed by atoms with van der Waals surface area (Å²) in [6.45, 7) is 4.58. The molecule has 0 aliphatic heterocycles. The van der Waals surface area contributed by atoms with Gasteiger partial charge in [-0.3, -0.25) is 0 Å². The average Bonchev–Trinajstić information content (AvgIpc) is 2.26. The standard InChI is InChI=1S/C15H32.Mg.2H/c1-3-5-7-9-11-13-15-14-12-10-8-6-4-2;;;/h3-15H2,1-2H3;;;. The van der Waals surface area contributed by atoms with Crippen LogP contribution in [0.25, 0.3) is 0 Å². The van der Waals surface area contributed by atoms with Crippen LogP contribution in [0.1, 0.15) is 97.3 Å². The number of hydrogen-bond acceptors (Lipinski definition) is 0. The molecule has 0 saturated carbocycles. The zero-order valence-corrected chi connectivity index (χ0v) is 11.2. The third kappa shape index (κ3) is 17.2. The normalized spacial score (nSPS) is 10.1. The largest absolute Gasteiger partial charge is 0.316 e. The molecule has 0 aromatic rings. The van der Waals surface area contributed by atoms with E-state index in [1.165, 1.54) is 83.5 Å². The Hall–Kier alpha value is 0.766. The van der Waals surface area contributed by atoms with Crippen LogP contribution >= 0.6 is 0 Å². The van der Waals surface area contributed by atoms with Crippen LogP contribution in [0, 0.1) is 0 Å². The molecule has 0 amide bonds. The highest BCUT2D eigenvalue weighted by atomic mass is 24.3. The summed E-state index contributed by atoms with van der Waals surface area (Å²) in [7, 11) is 0. The second kappa shape index (κ2) is 18.1. The van der Waals surface area contributed by atoms with Crippen LogP contribution in [0.3, 0.4) is 0 Å². The minimum absolute atomic E-state index is 0. The first-order valence-electron chi connectivity index (χ1n) is 7.41. The van der Waals surface area contributed by atoms with Crippen LogP contribution in [0.4, 0.5) is 0 Å². The summed E-state index contributed by atoms with van der Waals surface area (Å²) in [5, 5.41) is 0. The van der Waals surface area contributed by atoms with Crippen molar-refractivity contribution in [3.05, 3.63) is 0 Å². The van der Waals surface area contributed by atoms with Gasteiger partial charge < -0.3 is 0 Å². The van der Waals surface area contributed by atoms with Gasteiger partial charge in [0, 0.05) is 0 Å². The van der Waals surface area contributed by atoms with Gasteiger partial charge in [0.25, 0.3) is 0 Å². The van der Waals surface area contributed by atoms with E-state index in [9.17, 15) is 0 Å². The fourth-order valence-electron chi connectivity index (χ4n) is 2.09. The highest BCUT2D eigenvalue weighted by molar-refractivity contribution is 5.75. The highest BCUT2D eigenvalue weighted by Gasteiger charge is 1.92. The summed E-state index contributed by atoms with van der Waals surface area (Å²) >= 11 is 0. The molecule has 0 saturated heterocycles. The Morgan fingerprint density at radius 1 is 0.375 bits per heavy atom. The number of unbranched alkanes of at least 4 members (excludes halogenated alkanes) is 12. The third-order valence-electron chi connectivity index (χ3n) is 3.21. The molecular formula is C15H34Mg. The van der Waals surface area contributed by atoms with Crippen molar-refractivity contribution in [2.24, 2.45) is 0 Å². The topological polar surface area (TPSA) is 0 Å². The van der Waals surface area contributed by atoms with Gasteiger partial charge in [-0.1, -0.05) is 97.3 Å². The van der Waals surface area contributed by atoms with Crippen LogP contribution in [-0.2, 0) is 0 Å². The molecule has 0 aromatic carbocycles. The summed E-state index contributed by atoms with van der Waals surface area (Å²) in [4.78, 5) is 0. The molecule has 0 bridgehead atoms. The first-order valence-corrected chi connectivity index (χ1v) is 7.41. The van der Waals surface area contributed by atoms with E-state index in [-0.39, 0.29) is 23.1 Å². The zero-order chi connectivity index (χ0) is 11.2. The lowest BCUT2D eigenvalue weighted by Crippen LogP contribution is -1.82. The second-order valence-corrected chi connectivity index (χ2v) is 4.89. The molecule has 0 heterocycles. The lowest BCUT2D eigenvalue weighted by Gasteiger charge is -2.01. The molecular weight excluding hydrogens is 204 g/mol. The lowest BCUT2D eigenvalue weighted by atomic mass is 10.1. The molecule has 0 N–H and O–H groups in total. The number of rotatable bonds is 12. The van der Waals surface area contributed by atoms with Crippen molar-refractivity contribution in [1.29, 1.82) is 0 Å². The van der Waals surface area contributed by atoms with Crippen LogP contribution in [0.2, 0.25) is 0 Å². The van der Waals surface area contributed by atoms with Crippen LogP contribution in [-0.4, -0.2) is 23.1 Å². The van der Waals surface area contributed by atoms with E-state index in [1.807, 2.05) is 0 Å². The summed E-state index contributed by atoms with van der Waals surface area (Å²) < 4.78 is 0. The maximum absolute atomic E-state index is 2.29. The van der Waals surface area contributed by atoms with Gasteiger partial charge >= 0.3 is 23.1 Å². The maximum Gasteiger partial charge on any atom is 0.316 e. The van der Waals surface area contributed by atoms with Gasteiger partial charge in [-0.25, -0.2) is 0 Å². The molecule has 0 fully saturated rings. The first kappa shape index (κ1) is 19.1. The molecule has 0 radical (unpaired) electrons. The summed E-state index contributed by atoms with van der Waals surface area (Å²) in [5.74, 6) is 0. The molecule has 1 heteroatoms. The van der Waals surface area contributed by atoms with Gasteiger partial charge in [-0.05, 0) is 0 Å². The Bertz CT molecular complexity index is 89.6. The van der Waals surface area contributed by atoms with Crippen molar-refractivity contribution in [2.75, 3.05) is 0 Å². The van der Waals surface area contributed by atoms with Crippen LogP contribution < -0.4 is 0 Å². The zero-order valence-electron chi connectivity index (χ0n) is 11.2. The van der Waals surface area contributed by atoms with Gasteiger partial charge in [0.15, 0.2) is 0 Å². The minimum atomic E-state index is 0. The van der Waals surface area contributed by atoms with Gasteiger partial charge in [0.2, 0.25) is 0 Å². The molecule has 0 spiro atoms. The van der Waals surface area contributed by atoms with Gasteiger partial charge in [-0.15, -0.1) is 0 Å². The summed E-state index contributed by atoms with van der Waals surface area (Å²) in [6.07, 6.45) is 18.9. The maximum atomic E-state index is 2.29. The minimum Gasteiger partial charge on any atom is -0.0654 e. The predicted molar refractivity (Wildman–Crippen MR) is 79.9 cm³/mol. The fourth-order valence-corrected chi connectivity index (χ4v) is 2.09. The van der Waals surface area contributed by atoms with Crippen molar-refractivity contribution < 1.29 is 0 Å². The van der Waals surface area contributed by atoms with E-state index in [2.05, 4.69) is 13.8 Å². The van der Waals surface area contributed by atoms with Crippen LogP contribution in [0.5, 0.6) is 0 Å². The van der Waals surface area contributed by atoms with Crippen molar-refractivity contribution in [1.82, 2.24) is 0 Å². The van der Waals surface area contributed by atoms with E-state index < -0.39 is 0 Å². The average molecular weight is 239 g/mol. The van der Waals surface area contributed by atoms with Gasteiger partial charge in [-0.2, -0.15) is 0 Å². The highest BCUT2D eigenvalue weighted by Crippen LogP contribution is 2.12. The fraction of sp³-hybridized carbons (Fsp3) is 1.00. The van der Waals surface area contributed by atoms with E-state index >= 15 is 0 Å². The van der Waals surface area contributed by atoms with Crippen molar-refractivity contribution in [2.45, 2.75) is 97.3 Å². The SMILES string of the molecule is CCCCCCCCCCCCCCC.[MgH2]. The molecule has 0 rings (SSSR count). The van der Waals surface area contributed by atoms with Crippen molar-refractivity contribution >= 4 is 23.1 Å². The molecule has 0 atom stereocenters. The molecule has 16 heavy (non-hydrogen) atoms. The van der Waals surface area contributed by atoms with Crippen LogP contribution in [0.15, 0.2) is 0 Å². The molecule has 96 valence electrons. The Morgan fingerprint density at radius 2 is 0.562 bits per heavy atom. The Kier molecular flexibility index (Phi) is 21.7. The van der Waals surface area contributed by atoms with E-state index in [1.54, 1.807) is 0 Å². The Labute approximate surface area is 120 Å². The quantitative estimate of drug-likeness (QED) is 0.325. The predicted octanol–water partition coefficient (Wildman–Crippen LogP) is 5.18. The van der Waals surface area contributed by atoms with E-state index in [0.717, 1.165) is 0 Å². The Balaban J connectivity index is 0. The Morgan fingerprint density at radius 3 is 0.750 bits per heavy atom. The lowest BCUT2D eigenvalue weighted by molar-refractivity contribution is 0.542. The first-order chi connectivity index (χ1) is 7.41. The van der Waals surface area contributed by atoms with Gasteiger partial charge in [0.1, 0.15) is 0 Å². The molecule has 0 aromatic heterocycles. The summed E-state index contributed by atoms with van der Waals surface area (Å²) in [5.41, 5.74) is 0. The van der Waals surface area contributed by atoms with Crippen molar-refractivity contribution in [3.63, 3.8) is 0 Å². The number of hydrogen-bond donors (Lipinski definition) is 0. The molecule has 0 aliphatic rings. The van der Waals surface area contributed by atoms with Crippen molar-refractivity contribution in [3.8, 4) is 0 Å². The van der Waals surface area contributed by atoms with Gasteiger partial charge in [0.05, 0.1) is 0 Å². The second-order valence-electron chi connectivity index (χ2n) is 4.89. The van der Waals surface area contributed by atoms with E-state index in [4.69, 9.17) is 0 Å². The smallest absolute Gasteiger partial charge is 0.0654 e. The molecule has 0 aliphatic carbocycles.